The first-order chi connectivity index (χ1) is 8.91. The summed E-state index contributed by atoms with van der Waals surface area (Å²) in [7, 11) is 0. The molecule has 0 unspecified atom stereocenters. The summed E-state index contributed by atoms with van der Waals surface area (Å²) in [5, 5.41) is 3.39. The second-order valence-electron chi connectivity index (χ2n) is 4.79. The lowest BCUT2D eigenvalue weighted by Crippen LogP contribution is -2.34. The summed E-state index contributed by atoms with van der Waals surface area (Å²) in [6.07, 6.45) is 2.02. The minimum atomic E-state index is -0.225. The van der Waals surface area contributed by atoms with Crippen LogP contribution in [-0.4, -0.2) is 30.0 Å². The summed E-state index contributed by atoms with van der Waals surface area (Å²) < 4.78 is 5.68. The molecular weight excluding hydrogens is 276 g/mol. The van der Waals surface area contributed by atoms with E-state index in [0.717, 1.165) is 16.1 Å². The fourth-order valence-corrected chi connectivity index (χ4v) is 2.78. The molecule has 5 heteroatoms. The monoisotopic (exact) mass is 298 g/mol. The molecule has 0 saturated carbocycles. The van der Waals surface area contributed by atoms with Gasteiger partial charge in [0.2, 0.25) is 0 Å². The summed E-state index contributed by atoms with van der Waals surface area (Å²) >= 11 is 6.80. The number of anilines is 1. The van der Waals surface area contributed by atoms with Crippen molar-refractivity contribution in [3.05, 3.63) is 23.8 Å². The maximum Gasteiger partial charge on any atom is 0.107 e. The first-order valence-electron chi connectivity index (χ1n) is 6.26. The van der Waals surface area contributed by atoms with Crippen molar-refractivity contribution in [2.24, 2.45) is 5.73 Å². The highest BCUT2D eigenvalue weighted by molar-refractivity contribution is 7.98. The number of hydrogen-bond donors (Lipinski definition) is 2. The van der Waals surface area contributed by atoms with E-state index in [1.165, 1.54) is 0 Å². The van der Waals surface area contributed by atoms with Crippen LogP contribution in [0, 0.1) is 0 Å². The van der Waals surface area contributed by atoms with E-state index in [1.807, 2.05) is 31.4 Å². The second kappa shape index (κ2) is 7.12. The lowest BCUT2D eigenvalue weighted by Gasteiger charge is -2.26. The molecular formula is C14H22N2OS2. The fraction of sp³-hybridized carbons (Fsp3) is 0.500. The molecule has 1 aromatic carbocycles. The minimum absolute atomic E-state index is 0.225. The van der Waals surface area contributed by atoms with Gasteiger partial charge < -0.3 is 15.8 Å². The molecule has 0 radical (unpaired) electrons. The highest BCUT2D eigenvalue weighted by Crippen LogP contribution is 2.27. The quantitative estimate of drug-likeness (QED) is 0.597. The van der Waals surface area contributed by atoms with Crippen LogP contribution >= 0.6 is 24.0 Å². The van der Waals surface area contributed by atoms with Crippen LogP contribution in [0.2, 0.25) is 0 Å². The minimum Gasteiger partial charge on any atom is -0.389 e. The van der Waals surface area contributed by atoms with E-state index < -0.39 is 0 Å². The van der Waals surface area contributed by atoms with Gasteiger partial charge in [-0.15, -0.1) is 11.8 Å². The van der Waals surface area contributed by atoms with E-state index >= 15 is 0 Å². The number of ether oxygens (including phenoxy) is 1. The normalized spacial score (nSPS) is 11.4. The van der Waals surface area contributed by atoms with Gasteiger partial charge in [0.25, 0.3) is 0 Å². The van der Waals surface area contributed by atoms with Gasteiger partial charge >= 0.3 is 0 Å². The van der Waals surface area contributed by atoms with E-state index in [-0.39, 0.29) is 5.60 Å². The van der Waals surface area contributed by atoms with Crippen molar-refractivity contribution < 1.29 is 4.74 Å². The van der Waals surface area contributed by atoms with Crippen molar-refractivity contribution in [2.75, 3.05) is 24.7 Å². The zero-order valence-corrected chi connectivity index (χ0v) is 13.6. The molecule has 0 aliphatic carbocycles. The predicted octanol–water partition coefficient (Wildman–Crippen LogP) is 3.27. The van der Waals surface area contributed by atoms with Crippen molar-refractivity contribution in [2.45, 2.75) is 31.3 Å². The molecule has 3 N–H and O–H groups in total. The molecule has 3 nitrogen and oxygen atoms in total. The topological polar surface area (TPSA) is 47.3 Å². The molecule has 0 atom stereocenters. The van der Waals surface area contributed by atoms with Crippen LogP contribution in [0.15, 0.2) is 23.1 Å². The van der Waals surface area contributed by atoms with Crippen molar-refractivity contribution in [1.82, 2.24) is 0 Å². The molecule has 1 aromatic rings. The lowest BCUT2D eigenvalue weighted by atomic mass is 10.1. The third kappa shape index (κ3) is 4.67. The number of thiocarbonyl (C=S) groups is 1. The average molecular weight is 298 g/mol. The standard InChI is InChI=1S/C14H22N2OS2/c1-5-17-14(2,3)9-16-10-7-6-8-11(19-4)12(10)13(15)18/h6-8,16H,5,9H2,1-4H3,(H2,15,18). The SMILES string of the molecule is CCOC(C)(C)CNc1cccc(SC)c1C(N)=S. The van der Waals surface area contributed by atoms with Crippen molar-refractivity contribution in [3.8, 4) is 0 Å². The zero-order chi connectivity index (χ0) is 14.5. The number of nitrogens with one attached hydrogen (secondary N) is 1. The highest BCUT2D eigenvalue weighted by atomic mass is 32.2. The van der Waals surface area contributed by atoms with E-state index in [2.05, 4.69) is 19.2 Å². The van der Waals surface area contributed by atoms with E-state index in [9.17, 15) is 0 Å². The van der Waals surface area contributed by atoms with Gasteiger partial charge in [-0.1, -0.05) is 18.3 Å². The Morgan fingerprint density at radius 1 is 1.47 bits per heavy atom. The fourth-order valence-electron chi connectivity index (χ4n) is 1.85. The van der Waals surface area contributed by atoms with E-state index in [0.29, 0.717) is 18.1 Å². The van der Waals surface area contributed by atoms with Crippen LogP contribution < -0.4 is 11.1 Å². The molecule has 0 aromatic heterocycles. The lowest BCUT2D eigenvalue weighted by molar-refractivity contribution is 0.000695. The van der Waals surface area contributed by atoms with E-state index in [1.54, 1.807) is 11.8 Å². The molecule has 0 amide bonds. The zero-order valence-electron chi connectivity index (χ0n) is 11.9. The van der Waals surface area contributed by atoms with Gasteiger partial charge in [-0.05, 0) is 39.2 Å². The molecule has 0 aliphatic heterocycles. The van der Waals surface area contributed by atoms with Gasteiger partial charge in [0, 0.05) is 29.3 Å². The number of nitrogens with two attached hydrogens (primary N) is 1. The second-order valence-corrected chi connectivity index (χ2v) is 6.08. The van der Waals surface area contributed by atoms with Crippen LogP contribution in [0.1, 0.15) is 26.3 Å². The Morgan fingerprint density at radius 2 is 2.16 bits per heavy atom. The Balaban J connectivity index is 2.92. The first-order valence-corrected chi connectivity index (χ1v) is 7.89. The summed E-state index contributed by atoms with van der Waals surface area (Å²) in [6, 6.07) is 6.03. The average Bonchev–Trinajstić information content (AvgIpc) is 2.35. The number of rotatable bonds is 7. The summed E-state index contributed by atoms with van der Waals surface area (Å²) in [6.45, 7) is 7.51. The Hall–Kier alpha value is -0.780. The van der Waals surface area contributed by atoms with Crippen molar-refractivity contribution in [3.63, 3.8) is 0 Å². The maximum atomic E-state index is 5.84. The van der Waals surface area contributed by atoms with Gasteiger partial charge in [-0.2, -0.15) is 0 Å². The van der Waals surface area contributed by atoms with E-state index in [4.69, 9.17) is 22.7 Å². The molecule has 0 fully saturated rings. The maximum absolute atomic E-state index is 5.84. The number of hydrogen-bond acceptors (Lipinski definition) is 4. The largest absolute Gasteiger partial charge is 0.389 e. The number of thioether (sulfide) groups is 1. The van der Waals surface area contributed by atoms with Crippen molar-refractivity contribution >= 4 is 34.7 Å². The predicted molar refractivity (Wildman–Crippen MR) is 88.3 cm³/mol. The molecule has 106 valence electrons. The molecule has 19 heavy (non-hydrogen) atoms. The Bertz CT molecular complexity index is 447. The molecule has 0 saturated heterocycles. The summed E-state index contributed by atoms with van der Waals surface area (Å²) in [5.74, 6) is 0. The van der Waals surface area contributed by atoms with Gasteiger partial charge in [0.15, 0.2) is 0 Å². The van der Waals surface area contributed by atoms with Gasteiger partial charge in [-0.3, -0.25) is 0 Å². The smallest absolute Gasteiger partial charge is 0.107 e. The summed E-state index contributed by atoms with van der Waals surface area (Å²) in [4.78, 5) is 1.51. The van der Waals surface area contributed by atoms with Gasteiger partial charge in [0.05, 0.1) is 5.60 Å². The highest BCUT2D eigenvalue weighted by Gasteiger charge is 2.18. The molecule has 0 spiro atoms. The molecule has 0 heterocycles. The number of benzene rings is 1. The Morgan fingerprint density at radius 3 is 2.68 bits per heavy atom. The van der Waals surface area contributed by atoms with Crippen LogP contribution in [0.4, 0.5) is 5.69 Å². The van der Waals surface area contributed by atoms with Crippen LogP contribution in [0.5, 0.6) is 0 Å². The van der Waals surface area contributed by atoms with Gasteiger partial charge in [-0.25, -0.2) is 0 Å². The van der Waals surface area contributed by atoms with Crippen LogP contribution in [0.25, 0.3) is 0 Å². The third-order valence-electron chi connectivity index (χ3n) is 2.73. The Kier molecular flexibility index (Phi) is 6.10. The van der Waals surface area contributed by atoms with Gasteiger partial charge in [0.1, 0.15) is 4.99 Å². The molecule has 1 rings (SSSR count). The third-order valence-corrected chi connectivity index (χ3v) is 3.72. The van der Waals surface area contributed by atoms with Crippen molar-refractivity contribution in [1.29, 1.82) is 0 Å². The summed E-state index contributed by atoms with van der Waals surface area (Å²) in [5.41, 5.74) is 7.49. The van der Waals surface area contributed by atoms with Crippen LogP contribution in [-0.2, 0) is 4.74 Å². The van der Waals surface area contributed by atoms with Crippen LogP contribution in [0.3, 0.4) is 0 Å². The first kappa shape index (κ1) is 16.3. The molecule has 0 bridgehead atoms. The Labute approximate surface area is 125 Å². The molecule has 0 aliphatic rings.